The van der Waals surface area contributed by atoms with Crippen LogP contribution in [0.25, 0.3) is 0 Å². The maximum atomic E-state index is 5.41. The highest BCUT2D eigenvalue weighted by Gasteiger charge is 2.47. The number of hydrogen-bond acceptors (Lipinski definition) is 6. The fourth-order valence-corrected chi connectivity index (χ4v) is 5.28. The van der Waals surface area contributed by atoms with Crippen LogP contribution in [0.2, 0.25) is 0 Å². The van der Waals surface area contributed by atoms with Crippen LogP contribution in [0.5, 0.6) is 0 Å². The van der Waals surface area contributed by atoms with E-state index in [9.17, 15) is 0 Å². The Balaban J connectivity index is -0.000000148. The Morgan fingerprint density at radius 1 is 0.525 bits per heavy atom. The minimum absolute atomic E-state index is 0.272. The maximum absolute atomic E-state index is 5.41. The van der Waals surface area contributed by atoms with Gasteiger partial charge in [0.05, 0.1) is 12.2 Å². The lowest BCUT2D eigenvalue weighted by Crippen LogP contribution is -2.42. The van der Waals surface area contributed by atoms with Gasteiger partial charge in [-0.2, -0.15) is 0 Å². The van der Waals surface area contributed by atoms with Gasteiger partial charge in [-0.25, -0.2) is 0 Å². The van der Waals surface area contributed by atoms with Crippen LogP contribution in [0.1, 0.15) is 336 Å². The van der Waals surface area contributed by atoms with E-state index >= 15 is 0 Å². The van der Waals surface area contributed by atoms with Crippen molar-refractivity contribution in [1.82, 2.24) is 20.4 Å². The molecule has 492 valence electrons. The quantitative estimate of drug-likeness (QED) is 0.248. The molecule has 0 radical (unpaired) electrons. The number of methoxy groups -OCH3 is 1. The molecule has 0 aromatic carbocycles. The Hall–Kier alpha value is -0.500. The predicted octanol–water partition coefficient (Wildman–Crippen LogP) is 22.7. The molecule has 0 amide bonds. The zero-order valence-electron chi connectivity index (χ0n) is 65.0. The zero-order valence-corrected chi connectivity index (χ0v) is 65.0. The lowest BCUT2D eigenvalue weighted by atomic mass is 9.79. The minimum Gasteiger partial charge on any atom is -0.381 e. The Morgan fingerprint density at radius 2 is 0.838 bits per heavy atom. The molecule has 3 aliphatic carbocycles. The van der Waals surface area contributed by atoms with Gasteiger partial charge in [-0.05, 0) is 227 Å². The summed E-state index contributed by atoms with van der Waals surface area (Å²) in [6.07, 6.45) is 9.19. The molecule has 6 heteroatoms. The molecule has 0 aliphatic heterocycles. The highest BCUT2D eigenvalue weighted by molar-refractivity contribution is 5.00. The van der Waals surface area contributed by atoms with Gasteiger partial charge in [0.15, 0.2) is 0 Å². The minimum atomic E-state index is 0.272. The van der Waals surface area contributed by atoms with E-state index in [1.807, 2.05) is 6.92 Å². The number of hydrogen-bond donors (Lipinski definition) is 2. The van der Waals surface area contributed by atoms with E-state index in [0.717, 1.165) is 30.5 Å². The Kier molecular flexibility index (Phi) is 45.8. The fourth-order valence-electron chi connectivity index (χ4n) is 5.28. The van der Waals surface area contributed by atoms with Gasteiger partial charge in [0, 0.05) is 60.0 Å². The van der Waals surface area contributed by atoms with E-state index in [1.54, 1.807) is 7.11 Å². The van der Waals surface area contributed by atoms with Crippen molar-refractivity contribution in [3.05, 3.63) is 12.2 Å². The van der Waals surface area contributed by atoms with Crippen LogP contribution >= 0.6 is 0 Å². The van der Waals surface area contributed by atoms with Crippen LogP contribution in [-0.2, 0) is 9.47 Å². The summed E-state index contributed by atoms with van der Waals surface area (Å²) < 4.78 is 10.5. The second-order valence-electron chi connectivity index (χ2n) is 36.2. The third kappa shape index (κ3) is 63.5. The number of ether oxygens (including phenoxy) is 2. The van der Waals surface area contributed by atoms with E-state index in [-0.39, 0.29) is 16.4 Å². The molecule has 0 saturated heterocycles. The second-order valence-corrected chi connectivity index (χ2v) is 36.2. The van der Waals surface area contributed by atoms with Gasteiger partial charge < -0.3 is 20.1 Å². The molecular weight excluding hydrogens is 977 g/mol. The first-order chi connectivity index (χ1) is 34.6. The first-order valence-corrected chi connectivity index (χ1v) is 32.4. The molecule has 3 aliphatic rings. The van der Waals surface area contributed by atoms with Crippen molar-refractivity contribution < 1.29 is 9.47 Å². The van der Waals surface area contributed by atoms with Gasteiger partial charge in [-0.1, -0.05) is 185 Å². The van der Waals surface area contributed by atoms with E-state index in [0.29, 0.717) is 68.0 Å². The van der Waals surface area contributed by atoms with E-state index in [2.05, 4.69) is 332 Å². The summed E-state index contributed by atoms with van der Waals surface area (Å²) in [5.41, 5.74) is 5.66. The topological polar surface area (TPSA) is 49.0 Å². The molecule has 2 N–H and O–H groups in total. The molecule has 3 fully saturated rings. The van der Waals surface area contributed by atoms with Crippen molar-refractivity contribution in [2.45, 2.75) is 395 Å². The molecule has 0 aromatic rings. The third-order valence-corrected chi connectivity index (χ3v) is 16.7. The molecule has 0 spiro atoms. The summed E-state index contributed by atoms with van der Waals surface area (Å²) in [6, 6.07) is 2.97. The molecule has 3 saturated carbocycles. The molecule has 6 nitrogen and oxygen atoms in total. The van der Waals surface area contributed by atoms with Crippen molar-refractivity contribution >= 4 is 0 Å². The van der Waals surface area contributed by atoms with Gasteiger partial charge in [0.2, 0.25) is 0 Å². The van der Waals surface area contributed by atoms with Crippen molar-refractivity contribution in [2.24, 2.45) is 49.7 Å². The monoisotopic (exact) mass is 1140 g/mol. The standard InChI is InChI=1S/C8H17N.C8H19N.C8H18O.C8H16.C7H15N.C7H17N.C7H16O.2C7H16.C7H14/c1-8(2,3)9(4)7-5-6-7;1-7(2)9(6)8(3,4)5;1-6-9-7(2)8(3,4)5;1-7(2,3)8(4)5-6-8;1-7(2,3)8-6-4-5-6;1-6(2)8-7(3,4)5;1-6(8-5)7(2,3)4;3*1-6(2)7(3,4)5/h7H,5-6H2,1-4H3;7H,1-6H3;7H,6H2,1-5H3;5-6H2,1-4H3;6,8H,4-5H2,1-3H3;6,8H,1-5H3;6H,1-5H3;2*6H,1-5H3;1H2,2-5H3/t;;;;;;6-;;;/m......0.../s1. The first-order valence-electron chi connectivity index (χ1n) is 32.4. The first kappa shape index (κ1) is 93.2. The van der Waals surface area contributed by atoms with Crippen molar-refractivity contribution in [2.75, 3.05) is 27.8 Å². The Labute approximate surface area is 512 Å². The molecule has 0 aromatic heterocycles. The second kappa shape index (κ2) is 39.3. The van der Waals surface area contributed by atoms with Crippen LogP contribution < -0.4 is 10.6 Å². The van der Waals surface area contributed by atoms with Crippen molar-refractivity contribution in [1.29, 1.82) is 0 Å². The summed E-state index contributed by atoms with van der Waals surface area (Å²) in [5.74, 6) is 1.60. The highest BCUT2D eigenvalue weighted by Crippen LogP contribution is 2.57. The average molecular weight is 1140 g/mol. The van der Waals surface area contributed by atoms with E-state index in [4.69, 9.17) is 9.47 Å². The molecule has 1 unspecified atom stereocenters. The van der Waals surface area contributed by atoms with Crippen molar-refractivity contribution in [3.63, 3.8) is 0 Å². The summed E-state index contributed by atoms with van der Waals surface area (Å²) in [4.78, 5) is 4.82. The van der Waals surface area contributed by atoms with Crippen LogP contribution in [0, 0.1) is 49.7 Å². The molecule has 0 heterocycles. The number of allylic oxidation sites excluding steroid dienone is 1. The Morgan fingerprint density at radius 3 is 0.875 bits per heavy atom. The number of nitrogens with zero attached hydrogens (tertiary/aromatic N) is 2. The molecule has 80 heavy (non-hydrogen) atoms. The summed E-state index contributed by atoms with van der Waals surface area (Å²) in [6.45, 7) is 99.8. The largest absolute Gasteiger partial charge is 0.381 e. The van der Waals surface area contributed by atoms with Gasteiger partial charge in [0.25, 0.3) is 0 Å². The van der Waals surface area contributed by atoms with Crippen LogP contribution in [-0.4, -0.2) is 96.1 Å². The van der Waals surface area contributed by atoms with Crippen LogP contribution in [0.15, 0.2) is 12.2 Å². The van der Waals surface area contributed by atoms with Gasteiger partial charge in [-0.3, -0.25) is 9.80 Å². The lowest BCUT2D eigenvalue weighted by Gasteiger charge is -2.35. The molecule has 2 atom stereocenters. The van der Waals surface area contributed by atoms with Gasteiger partial charge in [-0.15, -0.1) is 0 Å². The average Bonchev–Trinajstić information content (AvgIpc) is 4.06. The smallest absolute Gasteiger partial charge is 0.0595 e. The predicted molar refractivity (Wildman–Crippen MR) is 373 cm³/mol. The van der Waals surface area contributed by atoms with E-state index in [1.165, 1.54) is 44.1 Å². The van der Waals surface area contributed by atoms with Gasteiger partial charge in [0.1, 0.15) is 0 Å². The summed E-state index contributed by atoms with van der Waals surface area (Å²) in [5, 5.41) is 6.88. The fraction of sp³-hybridized carbons (Fsp3) is 0.973. The lowest BCUT2D eigenvalue weighted by molar-refractivity contribution is 0.00224. The molecular formula is C74H164N4O2. The third-order valence-electron chi connectivity index (χ3n) is 16.7. The zero-order chi connectivity index (χ0) is 66.6. The van der Waals surface area contributed by atoms with Gasteiger partial charge >= 0.3 is 0 Å². The van der Waals surface area contributed by atoms with E-state index < -0.39 is 0 Å². The van der Waals surface area contributed by atoms with Crippen LogP contribution in [0.4, 0.5) is 0 Å². The molecule has 0 bridgehead atoms. The van der Waals surface area contributed by atoms with Crippen molar-refractivity contribution in [3.8, 4) is 0 Å². The highest BCUT2D eigenvalue weighted by atomic mass is 16.5. The maximum Gasteiger partial charge on any atom is 0.0595 e. The SMILES string of the molecule is C=C(C)C(C)(C)C.CC(C)(C)C1(C)CC1.CC(C)(C)NC1CC1.CC(C)C(C)(C)C.CC(C)C(C)(C)C.CC(C)N(C)C(C)(C)C.CC(C)NC(C)(C)C.CCOC(C)C(C)(C)C.CN(C1CC1)C(C)(C)C.CO[C@@H](C)C(C)(C)C. The Bertz CT molecular complexity index is 1400. The number of rotatable bonds is 7. The molecule has 3 rings (SSSR count). The summed E-state index contributed by atoms with van der Waals surface area (Å²) in [7, 11) is 6.12. The number of nitrogens with one attached hydrogen (secondary N) is 2. The normalized spacial score (nSPS) is 16.4. The summed E-state index contributed by atoms with van der Waals surface area (Å²) >= 11 is 0. The van der Waals surface area contributed by atoms with Crippen LogP contribution in [0.3, 0.4) is 0 Å².